The molecule has 8 nitrogen and oxygen atoms in total. The molecule has 2 aromatic rings. The molecule has 0 fully saturated rings. The van der Waals surface area contributed by atoms with Crippen LogP contribution in [0.25, 0.3) is 16.6 Å². The van der Waals surface area contributed by atoms with Crippen molar-refractivity contribution in [2.24, 2.45) is 0 Å². The van der Waals surface area contributed by atoms with Crippen LogP contribution in [0.3, 0.4) is 0 Å². The lowest BCUT2D eigenvalue weighted by molar-refractivity contribution is -0.128. The molecule has 0 saturated heterocycles. The van der Waals surface area contributed by atoms with Crippen LogP contribution >= 0.6 is 0 Å². The standard InChI is InChI=1S/C20H25N7O/c1-13(28)26-7-6-17(24-3)16(11-26)20(22)27-12-25-18-5-4-14(8-19(18)27)15(9-21)10-23-2/h4-5,8-10,12,21-24H,6-7,11H2,1-3H3/b15-10+,21-9?,22-20?. The monoisotopic (exact) mass is 379 g/mol. The van der Waals surface area contributed by atoms with Gasteiger partial charge < -0.3 is 20.9 Å². The van der Waals surface area contributed by atoms with Gasteiger partial charge in [0, 0.05) is 63.2 Å². The molecule has 0 bridgehead atoms. The third kappa shape index (κ3) is 3.53. The highest BCUT2D eigenvalue weighted by atomic mass is 16.2. The Kier molecular flexibility index (Phi) is 5.58. The molecule has 146 valence electrons. The Hall–Kier alpha value is -3.42. The average Bonchev–Trinajstić information content (AvgIpc) is 3.14. The molecule has 0 atom stereocenters. The molecule has 1 aromatic carbocycles. The largest absolute Gasteiger partial charge is 0.393 e. The summed E-state index contributed by atoms with van der Waals surface area (Å²) in [7, 11) is 3.63. The fourth-order valence-electron chi connectivity index (χ4n) is 3.40. The quantitative estimate of drug-likeness (QED) is 0.469. The first-order chi connectivity index (χ1) is 13.5. The number of imidazole rings is 1. The summed E-state index contributed by atoms with van der Waals surface area (Å²) in [5.74, 6) is 0.301. The molecule has 0 unspecified atom stereocenters. The number of carbonyl (C=O) groups excluding carboxylic acids is 1. The maximum absolute atomic E-state index is 11.8. The molecule has 2 heterocycles. The summed E-state index contributed by atoms with van der Waals surface area (Å²) >= 11 is 0. The van der Waals surface area contributed by atoms with Crippen molar-refractivity contribution in [1.29, 1.82) is 10.8 Å². The lowest BCUT2D eigenvalue weighted by Crippen LogP contribution is -2.40. The van der Waals surface area contributed by atoms with Gasteiger partial charge in [-0.3, -0.25) is 14.8 Å². The van der Waals surface area contributed by atoms with Crippen LogP contribution in [0.5, 0.6) is 0 Å². The van der Waals surface area contributed by atoms with Crippen molar-refractivity contribution < 1.29 is 4.79 Å². The predicted octanol–water partition coefficient (Wildman–Crippen LogP) is 1.80. The minimum Gasteiger partial charge on any atom is -0.393 e. The highest BCUT2D eigenvalue weighted by molar-refractivity contribution is 6.10. The summed E-state index contributed by atoms with van der Waals surface area (Å²) in [4.78, 5) is 18.0. The van der Waals surface area contributed by atoms with Gasteiger partial charge in [-0.05, 0) is 17.7 Å². The zero-order valence-electron chi connectivity index (χ0n) is 16.3. The van der Waals surface area contributed by atoms with Crippen molar-refractivity contribution >= 4 is 34.6 Å². The molecule has 0 saturated carbocycles. The van der Waals surface area contributed by atoms with Crippen LogP contribution in [0.1, 0.15) is 18.9 Å². The van der Waals surface area contributed by atoms with E-state index in [1.807, 2.05) is 25.2 Å². The number of amides is 1. The van der Waals surface area contributed by atoms with E-state index in [1.165, 1.54) is 6.21 Å². The van der Waals surface area contributed by atoms with Crippen LogP contribution < -0.4 is 10.6 Å². The summed E-state index contributed by atoms with van der Waals surface area (Å²) in [6, 6.07) is 5.72. The Morgan fingerprint density at radius 1 is 1.32 bits per heavy atom. The van der Waals surface area contributed by atoms with Gasteiger partial charge in [0.2, 0.25) is 5.91 Å². The van der Waals surface area contributed by atoms with Crippen LogP contribution in [0.4, 0.5) is 0 Å². The van der Waals surface area contributed by atoms with Crippen LogP contribution in [-0.4, -0.2) is 59.6 Å². The van der Waals surface area contributed by atoms with E-state index in [9.17, 15) is 4.79 Å². The third-order valence-corrected chi connectivity index (χ3v) is 4.95. The van der Waals surface area contributed by atoms with Gasteiger partial charge in [-0.2, -0.15) is 0 Å². The first kappa shape index (κ1) is 19.3. The number of allylic oxidation sites excluding steroid dienone is 1. The van der Waals surface area contributed by atoms with Gasteiger partial charge in [0.05, 0.1) is 17.6 Å². The highest BCUT2D eigenvalue weighted by Gasteiger charge is 2.24. The summed E-state index contributed by atoms with van der Waals surface area (Å²) < 4.78 is 1.73. The molecular formula is C20H25N7O. The minimum absolute atomic E-state index is 0.00561. The van der Waals surface area contributed by atoms with Gasteiger partial charge in [-0.15, -0.1) is 0 Å². The third-order valence-electron chi connectivity index (χ3n) is 4.95. The van der Waals surface area contributed by atoms with Crippen LogP contribution in [0.15, 0.2) is 42.0 Å². The molecule has 1 aromatic heterocycles. The Balaban J connectivity index is 2.06. The second-order valence-electron chi connectivity index (χ2n) is 6.60. The Labute approximate surface area is 164 Å². The number of carbonyl (C=O) groups is 1. The topological polar surface area (TPSA) is 110 Å². The molecule has 28 heavy (non-hydrogen) atoms. The van der Waals surface area contributed by atoms with Gasteiger partial charge in [0.15, 0.2) is 0 Å². The summed E-state index contributed by atoms with van der Waals surface area (Å²) in [5.41, 5.74) is 4.91. The highest BCUT2D eigenvalue weighted by Crippen LogP contribution is 2.23. The van der Waals surface area contributed by atoms with E-state index in [2.05, 4.69) is 15.6 Å². The summed E-state index contributed by atoms with van der Waals surface area (Å²) in [6.45, 7) is 2.60. The molecule has 4 N–H and O–H groups in total. The Morgan fingerprint density at radius 2 is 2.11 bits per heavy atom. The molecule has 0 aliphatic carbocycles. The first-order valence-corrected chi connectivity index (χ1v) is 9.10. The number of aromatic nitrogens is 2. The van der Waals surface area contributed by atoms with E-state index in [0.717, 1.165) is 33.4 Å². The number of hydrogen-bond donors (Lipinski definition) is 4. The molecule has 0 spiro atoms. The van der Waals surface area contributed by atoms with Gasteiger partial charge in [0.1, 0.15) is 12.2 Å². The normalized spacial score (nSPS) is 15.0. The predicted molar refractivity (Wildman–Crippen MR) is 112 cm³/mol. The smallest absolute Gasteiger partial charge is 0.219 e. The summed E-state index contributed by atoms with van der Waals surface area (Å²) in [5, 5.41) is 22.6. The van der Waals surface area contributed by atoms with E-state index in [4.69, 9.17) is 10.8 Å². The molecule has 8 heteroatoms. The van der Waals surface area contributed by atoms with E-state index in [0.29, 0.717) is 25.3 Å². The number of rotatable bonds is 5. The van der Waals surface area contributed by atoms with Crippen LogP contribution in [0, 0.1) is 10.8 Å². The molecular weight excluding hydrogens is 354 g/mol. The second-order valence-corrected chi connectivity index (χ2v) is 6.60. The molecule has 1 amide bonds. The van der Waals surface area contributed by atoms with Crippen LogP contribution in [0.2, 0.25) is 0 Å². The van der Waals surface area contributed by atoms with Crippen molar-refractivity contribution in [2.75, 3.05) is 27.2 Å². The maximum Gasteiger partial charge on any atom is 0.219 e. The van der Waals surface area contributed by atoms with Crippen molar-refractivity contribution in [3.63, 3.8) is 0 Å². The Morgan fingerprint density at radius 3 is 2.75 bits per heavy atom. The van der Waals surface area contributed by atoms with Gasteiger partial charge in [0.25, 0.3) is 0 Å². The van der Waals surface area contributed by atoms with E-state index in [-0.39, 0.29) is 5.91 Å². The van der Waals surface area contributed by atoms with Crippen molar-refractivity contribution in [2.45, 2.75) is 13.3 Å². The lowest BCUT2D eigenvalue weighted by Gasteiger charge is -2.30. The second kappa shape index (κ2) is 8.08. The minimum atomic E-state index is 0.00561. The number of hydrogen-bond acceptors (Lipinski definition) is 6. The average molecular weight is 379 g/mol. The van der Waals surface area contributed by atoms with Gasteiger partial charge in [-0.25, -0.2) is 4.98 Å². The van der Waals surface area contributed by atoms with Crippen LogP contribution in [-0.2, 0) is 4.79 Å². The molecule has 3 rings (SSSR count). The molecule has 0 radical (unpaired) electrons. The SMILES string of the molecule is CN/C=C(\C=N)c1ccc2ncn(C(=N)C3=C(NC)CCN(C(C)=O)C3)c2c1. The number of nitrogens with one attached hydrogen (secondary N) is 4. The Bertz CT molecular complexity index is 999. The number of fused-ring (bicyclic) bond motifs is 1. The lowest BCUT2D eigenvalue weighted by atomic mass is 10.0. The number of nitrogens with zero attached hydrogens (tertiary/aromatic N) is 3. The fourth-order valence-corrected chi connectivity index (χ4v) is 3.40. The summed E-state index contributed by atoms with van der Waals surface area (Å²) in [6.07, 6.45) is 5.37. The molecule has 1 aliphatic rings. The van der Waals surface area contributed by atoms with E-state index in [1.54, 1.807) is 36.0 Å². The van der Waals surface area contributed by atoms with Gasteiger partial charge in [-0.1, -0.05) is 6.07 Å². The van der Waals surface area contributed by atoms with E-state index >= 15 is 0 Å². The maximum atomic E-state index is 11.8. The van der Waals surface area contributed by atoms with Crippen molar-refractivity contribution in [1.82, 2.24) is 25.1 Å². The number of benzene rings is 1. The fraction of sp³-hybridized carbons (Fsp3) is 0.300. The first-order valence-electron chi connectivity index (χ1n) is 9.10. The van der Waals surface area contributed by atoms with Crippen molar-refractivity contribution in [3.8, 4) is 0 Å². The van der Waals surface area contributed by atoms with Crippen molar-refractivity contribution in [3.05, 3.63) is 47.6 Å². The zero-order valence-corrected chi connectivity index (χ0v) is 16.3. The zero-order chi connectivity index (χ0) is 20.3. The van der Waals surface area contributed by atoms with Gasteiger partial charge >= 0.3 is 0 Å². The van der Waals surface area contributed by atoms with E-state index < -0.39 is 0 Å². The molecule has 1 aliphatic heterocycles.